The first-order chi connectivity index (χ1) is 13.0. The minimum Gasteiger partial charge on any atom is -0.493 e. The highest BCUT2D eigenvalue weighted by Crippen LogP contribution is 2.28. The molecule has 1 amide bonds. The molecular weight excluding hydrogens is 414 g/mol. The van der Waals surface area contributed by atoms with E-state index in [2.05, 4.69) is 21.2 Å². The average Bonchev–Trinajstić information content (AvgIpc) is 2.70. The van der Waals surface area contributed by atoms with Gasteiger partial charge in [-0.25, -0.2) is 4.79 Å². The molecular formula is C20H20BrNO5. The Balaban J connectivity index is 2.14. The highest BCUT2D eigenvalue weighted by molar-refractivity contribution is 9.10. The maximum atomic E-state index is 12.3. The predicted molar refractivity (Wildman–Crippen MR) is 106 cm³/mol. The average molecular weight is 434 g/mol. The van der Waals surface area contributed by atoms with Crippen LogP contribution in [0.4, 0.5) is 0 Å². The van der Waals surface area contributed by atoms with E-state index in [-0.39, 0.29) is 0 Å². The lowest BCUT2D eigenvalue weighted by molar-refractivity contribution is -0.144. The van der Waals surface area contributed by atoms with Gasteiger partial charge in [-0.2, -0.15) is 0 Å². The lowest BCUT2D eigenvalue weighted by atomic mass is 10.1. The molecule has 1 unspecified atom stereocenters. The summed E-state index contributed by atoms with van der Waals surface area (Å²) < 4.78 is 16.1. The van der Waals surface area contributed by atoms with Crippen molar-refractivity contribution in [2.24, 2.45) is 0 Å². The van der Waals surface area contributed by atoms with Crippen LogP contribution < -0.4 is 14.8 Å². The third-order valence-electron chi connectivity index (χ3n) is 3.76. The van der Waals surface area contributed by atoms with Gasteiger partial charge in [0.15, 0.2) is 17.5 Å². The number of halogens is 1. The first kappa shape index (κ1) is 20.5. The first-order valence-corrected chi connectivity index (χ1v) is 8.81. The summed E-state index contributed by atoms with van der Waals surface area (Å²) in [6.45, 7) is 0. The number of carbonyl (C=O) groups excluding carboxylic acids is 2. The van der Waals surface area contributed by atoms with Crippen LogP contribution in [0.3, 0.4) is 0 Å². The maximum Gasteiger partial charge on any atom is 0.333 e. The predicted octanol–water partition coefficient (Wildman–Crippen LogP) is 3.51. The number of hydrogen-bond acceptors (Lipinski definition) is 5. The van der Waals surface area contributed by atoms with Gasteiger partial charge in [0.1, 0.15) is 0 Å². The number of amides is 1. The number of esters is 1. The van der Waals surface area contributed by atoms with Gasteiger partial charge in [0, 0.05) is 10.5 Å². The van der Waals surface area contributed by atoms with Crippen molar-refractivity contribution in [3.05, 3.63) is 64.1 Å². The second-order valence-corrected chi connectivity index (χ2v) is 6.38. The summed E-state index contributed by atoms with van der Waals surface area (Å²) in [4.78, 5) is 24.4. The zero-order valence-corrected chi connectivity index (χ0v) is 16.8. The molecule has 0 aromatic heterocycles. The van der Waals surface area contributed by atoms with Crippen molar-refractivity contribution in [3.63, 3.8) is 0 Å². The number of nitrogens with one attached hydrogen (secondary N) is 1. The van der Waals surface area contributed by atoms with Crippen LogP contribution in [-0.4, -0.2) is 33.2 Å². The minimum atomic E-state index is -0.898. The molecule has 2 aromatic rings. The molecule has 1 N–H and O–H groups in total. The van der Waals surface area contributed by atoms with E-state index in [0.717, 1.165) is 10.0 Å². The Kier molecular flexibility index (Phi) is 7.43. The Labute approximate surface area is 166 Å². The Morgan fingerprint density at radius 3 is 2.26 bits per heavy atom. The van der Waals surface area contributed by atoms with Crippen LogP contribution in [0.2, 0.25) is 0 Å². The van der Waals surface area contributed by atoms with Gasteiger partial charge >= 0.3 is 5.97 Å². The van der Waals surface area contributed by atoms with E-state index in [0.29, 0.717) is 17.1 Å². The molecule has 0 aliphatic heterocycles. The molecule has 1 atom stereocenters. The fourth-order valence-corrected chi connectivity index (χ4v) is 2.63. The molecule has 0 saturated carbocycles. The summed E-state index contributed by atoms with van der Waals surface area (Å²) in [7, 11) is 4.37. The van der Waals surface area contributed by atoms with E-state index in [1.807, 2.05) is 0 Å². The fraction of sp³-hybridized carbons (Fsp3) is 0.200. The highest BCUT2D eigenvalue weighted by atomic mass is 79.9. The monoisotopic (exact) mass is 433 g/mol. The van der Waals surface area contributed by atoms with E-state index in [1.165, 1.54) is 20.3 Å². The Hall–Kier alpha value is -2.80. The van der Waals surface area contributed by atoms with Gasteiger partial charge < -0.3 is 19.5 Å². The molecule has 0 radical (unpaired) electrons. The van der Waals surface area contributed by atoms with E-state index in [9.17, 15) is 9.59 Å². The molecule has 0 heterocycles. The largest absolute Gasteiger partial charge is 0.493 e. The number of ether oxygens (including phenoxy) is 3. The van der Waals surface area contributed by atoms with Crippen LogP contribution in [0.15, 0.2) is 53.0 Å². The molecule has 27 heavy (non-hydrogen) atoms. The molecule has 0 spiro atoms. The number of hydrogen-bond donors (Lipinski definition) is 1. The molecule has 142 valence electrons. The molecule has 6 nitrogen and oxygen atoms in total. The molecule has 7 heteroatoms. The molecule has 0 fully saturated rings. The van der Waals surface area contributed by atoms with Gasteiger partial charge in [0.2, 0.25) is 5.91 Å². The summed E-state index contributed by atoms with van der Waals surface area (Å²) in [5, 5.41) is 2.65. The second kappa shape index (κ2) is 9.78. The van der Waals surface area contributed by atoms with Crippen LogP contribution in [0, 0.1) is 0 Å². The van der Waals surface area contributed by atoms with Crippen LogP contribution in [0.25, 0.3) is 6.08 Å². The second-order valence-electron chi connectivity index (χ2n) is 5.46. The SMILES string of the molecule is COC(=O)C(NC(=O)/C=C/c1ccc(OC)c(OC)c1)c1ccc(Br)cc1. The molecule has 2 rings (SSSR count). The topological polar surface area (TPSA) is 73.9 Å². The Morgan fingerprint density at radius 2 is 1.67 bits per heavy atom. The summed E-state index contributed by atoms with van der Waals surface area (Å²) in [6, 6.07) is 11.4. The zero-order chi connectivity index (χ0) is 19.8. The quantitative estimate of drug-likeness (QED) is 0.534. The summed E-state index contributed by atoms with van der Waals surface area (Å²) in [6.07, 6.45) is 2.96. The van der Waals surface area contributed by atoms with Crippen molar-refractivity contribution in [1.82, 2.24) is 5.32 Å². The number of carbonyl (C=O) groups is 2. The van der Waals surface area contributed by atoms with Crippen molar-refractivity contribution in [3.8, 4) is 11.5 Å². The number of benzene rings is 2. The van der Waals surface area contributed by atoms with Crippen molar-refractivity contribution < 1.29 is 23.8 Å². The molecule has 0 aliphatic rings. The van der Waals surface area contributed by atoms with Crippen LogP contribution >= 0.6 is 15.9 Å². The van der Waals surface area contributed by atoms with E-state index >= 15 is 0 Å². The Morgan fingerprint density at radius 1 is 1.00 bits per heavy atom. The normalized spacial score (nSPS) is 11.7. The minimum absolute atomic E-state index is 0.428. The lowest BCUT2D eigenvalue weighted by Gasteiger charge is -2.16. The van der Waals surface area contributed by atoms with E-state index in [1.54, 1.807) is 55.7 Å². The van der Waals surface area contributed by atoms with Crippen molar-refractivity contribution in [1.29, 1.82) is 0 Å². The van der Waals surface area contributed by atoms with Crippen molar-refractivity contribution >= 4 is 33.9 Å². The number of rotatable bonds is 7. The van der Waals surface area contributed by atoms with Crippen molar-refractivity contribution in [2.75, 3.05) is 21.3 Å². The molecule has 0 saturated heterocycles. The highest BCUT2D eigenvalue weighted by Gasteiger charge is 2.22. The standard InChI is InChI=1S/C20H20BrNO5/c1-25-16-10-4-13(12-17(16)26-2)5-11-18(23)22-19(20(24)27-3)14-6-8-15(21)9-7-14/h4-12,19H,1-3H3,(H,22,23)/b11-5+. The van der Waals surface area contributed by atoms with Gasteiger partial charge in [0.25, 0.3) is 0 Å². The Bertz CT molecular complexity index is 833. The zero-order valence-electron chi connectivity index (χ0n) is 15.2. The molecule has 0 bridgehead atoms. The first-order valence-electron chi connectivity index (χ1n) is 8.02. The summed E-state index contributed by atoms with van der Waals surface area (Å²) in [5.41, 5.74) is 1.37. The van der Waals surface area contributed by atoms with Crippen molar-refractivity contribution in [2.45, 2.75) is 6.04 Å². The van der Waals surface area contributed by atoms with Crippen LogP contribution in [0.5, 0.6) is 11.5 Å². The van der Waals surface area contributed by atoms with Gasteiger partial charge in [-0.05, 0) is 41.5 Å². The van der Waals surface area contributed by atoms with E-state index in [4.69, 9.17) is 14.2 Å². The van der Waals surface area contributed by atoms with Gasteiger partial charge in [0.05, 0.1) is 21.3 Å². The van der Waals surface area contributed by atoms with Gasteiger partial charge in [-0.1, -0.05) is 34.1 Å². The van der Waals surface area contributed by atoms with E-state index < -0.39 is 17.9 Å². The third kappa shape index (κ3) is 5.59. The van der Waals surface area contributed by atoms with Crippen LogP contribution in [-0.2, 0) is 14.3 Å². The lowest BCUT2D eigenvalue weighted by Crippen LogP contribution is -2.33. The maximum absolute atomic E-state index is 12.3. The summed E-state index contributed by atoms with van der Waals surface area (Å²) in [5.74, 6) is 0.177. The smallest absolute Gasteiger partial charge is 0.333 e. The number of methoxy groups -OCH3 is 3. The van der Waals surface area contributed by atoms with Gasteiger partial charge in [-0.15, -0.1) is 0 Å². The fourth-order valence-electron chi connectivity index (χ4n) is 2.37. The molecule has 0 aliphatic carbocycles. The van der Waals surface area contributed by atoms with Gasteiger partial charge in [-0.3, -0.25) is 4.79 Å². The summed E-state index contributed by atoms with van der Waals surface area (Å²) >= 11 is 3.34. The van der Waals surface area contributed by atoms with Crippen LogP contribution in [0.1, 0.15) is 17.2 Å². The third-order valence-corrected chi connectivity index (χ3v) is 4.29. The molecule has 2 aromatic carbocycles.